The molecule has 0 bridgehead atoms. The number of carbonyl (C=O) groups excluding carboxylic acids is 2. The number of amides is 2. The molecule has 0 saturated heterocycles. The second kappa shape index (κ2) is 13.7. The van der Waals surface area contributed by atoms with E-state index in [2.05, 4.69) is 5.32 Å². The fourth-order valence-corrected chi connectivity index (χ4v) is 5.07. The van der Waals surface area contributed by atoms with Gasteiger partial charge < -0.3 is 15.0 Å². The number of benzene rings is 2. The van der Waals surface area contributed by atoms with Crippen LogP contribution in [0.3, 0.4) is 0 Å². The molecule has 0 spiro atoms. The predicted molar refractivity (Wildman–Crippen MR) is 144 cm³/mol. The van der Waals surface area contributed by atoms with Crippen LogP contribution in [0.5, 0.6) is 5.75 Å². The van der Waals surface area contributed by atoms with E-state index in [4.69, 9.17) is 27.9 Å². The van der Waals surface area contributed by atoms with Crippen molar-refractivity contribution in [1.82, 2.24) is 10.2 Å². The summed E-state index contributed by atoms with van der Waals surface area (Å²) in [6.07, 6.45) is 2.14. The minimum atomic E-state index is -3.59. The van der Waals surface area contributed by atoms with E-state index in [0.717, 1.165) is 12.7 Å². The Balaban J connectivity index is 2.20. The number of hydrogen-bond acceptors (Lipinski definition) is 5. The second-order valence-electron chi connectivity index (χ2n) is 8.33. The molecule has 0 heterocycles. The largest absolute Gasteiger partial charge is 0.497 e. The van der Waals surface area contributed by atoms with Crippen molar-refractivity contribution < 1.29 is 22.7 Å². The molecule has 0 radical (unpaired) electrons. The predicted octanol–water partition coefficient (Wildman–Crippen LogP) is 4.49. The molecule has 2 aromatic carbocycles. The van der Waals surface area contributed by atoms with Crippen LogP contribution in [0.15, 0.2) is 42.5 Å². The van der Waals surface area contributed by atoms with Crippen molar-refractivity contribution >= 4 is 50.7 Å². The van der Waals surface area contributed by atoms with Crippen LogP contribution in [-0.4, -0.2) is 57.6 Å². The monoisotopic (exact) mass is 557 g/mol. The quantitative estimate of drug-likeness (QED) is 0.391. The lowest BCUT2D eigenvalue weighted by molar-refractivity contribution is -0.140. The van der Waals surface area contributed by atoms with E-state index in [0.29, 0.717) is 33.6 Å². The van der Waals surface area contributed by atoms with Crippen molar-refractivity contribution in [3.63, 3.8) is 0 Å². The topological polar surface area (TPSA) is 96.0 Å². The molecule has 0 aromatic heterocycles. The van der Waals surface area contributed by atoms with Gasteiger partial charge >= 0.3 is 0 Å². The Morgan fingerprint density at radius 2 is 1.69 bits per heavy atom. The summed E-state index contributed by atoms with van der Waals surface area (Å²) in [4.78, 5) is 27.4. The Hall–Kier alpha value is -2.49. The third kappa shape index (κ3) is 8.28. The SMILES string of the molecule is CCCNC(=O)C(C)N(Cc1c(Cl)cccc1Cl)C(=O)CCCN(c1ccc(OC)cc1)S(C)(=O)=O. The van der Waals surface area contributed by atoms with E-state index in [-0.39, 0.29) is 37.7 Å². The molecule has 0 aliphatic carbocycles. The lowest BCUT2D eigenvalue weighted by atomic mass is 10.1. The van der Waals surface area contributed by atoms with E-state index in [1.54, 1.807) is 49.4 Å². The fraction of sp³-hybridized carbons (Fsp3) is 0.440. The summed E-state index contributed by atoms with van der Waals surface area (Å²) in [5, 5.41) is 3.60. The fourth-order valence-electron chi connectivity index (χ4n) is 3.58. The van der Waals surface area contributed by atoms with Crippen molar-refractivity contribution in [3.05, 3.63) is 58.1 Å². The zero-order valence-corrected chi connectivity index (χ0v) is 23.3. The first-order chi connectivity index (χ1) is 17.0. The second-order valence-corrected chi connectivity index (χ2v) is 11.0. The van der Waals surface area contributed by atoms with E-state index in [1.165, 1.54) is 16.3 Å². The van der Waals surface area contributed by atoms with Gasteiger partial charge in [-0.1, -0.05) is 36.2 Å². The Labute approximate surface area is 223 Å². The van der Waals surface area contributed by atoms with Gasteiger partial charge in [0.05, 0.1) is 19.1 Å². The summed E-state index contributed by atoms with van der Waals surface area (Å²) in [5.74, 6) is 0.00396. The van der Waals surface area contributed by atoms with E-state index >= 15 is 0 Å². The number of ether oxygens (including phenoxy) is 1. The highest BCUT2D eigenvalue weighted by Crippen LogP contribution is 2.27. The molecule has 2 aromatic rings. The molecule has 2 amide bonds. The molecule has 2 rings (SSSR count). The summed E-state index contributed by atoms with van der Waals surface area (Å²) in [7, 11) is -2.06. The lowest BCUT2D eigenvalue weighted by Crippen LogP contribution is -2.48. The molecule has 0 saturated carbocycles. The minimum Gasteiger partial charge on any atom is -0.497 e. The van der Waals surface area contributed by atoms with Crippen molar-refractivity contribution in [3.8, 4) is 5.75 Å². The number of methoxy groups -OCH3 is 1. The number of anilines is 1. The molecule has 8 nitrogen and oxygen atoms in total. The first kappa shape index (κ1) is 29.7. The third-order valence-electron chi connectivity index (χ3n) is 5.62. The average Bonchev–Trinajstić information content (AvgIpc) is 2.84. The number of rotatable bonds is 13. The smallest absolute Gasteiger partial charge is 0.242 e. The molecule has 1 unspecified atom stereocenters. The van der Waals surface area contributed by atoms with Gasteiger partial charge in [0.1, 0.15) is 11.8 Å². The van der Waals surface area contributed by atoms with Crippen molar-refractivity contribution in [2.45, 2.75) is 45.7 Å². The molecular weight excluding hydrogens is 525 g/mol. The molecule has 11 heteroatoms. The summed E-state index contributed by atoms with van der Waals surface area (Å²) in [6.45, 7) is 4.21. The Morgan fingerprint density at radius 3 is 2.22 bits per heavy atom. The first-order valence-electron chi connectivity index (χ1n) is 11.6. The Morgan fingerprint density at radius 1 is 1.08 bits per heavy atom. The number of carbonyl (C=O) groups is 2. The number of sulfonamides is 1. The number of nitrogens with zero attached hydrogens (tertiary/aromatic N) is 2. The van der Waals surface area contributed by atoms with Gasteiger partial charge in [0.15, 0.2) is 0 Å². The van der Waals surface area contributed by atoms with Gasteiger partial charge in [0.2, 0.25) is 21.8 Å². The molecule has 198 valence electrons. The molecule has 0 aliphatic heterocycles. The van der Waals surface area contributed by atoms with E-state index in [1.807, 2.05) is 6.92 Å². The van der Waals surface area contributed by atoms with Gasteiger partial charge in [-0.15, -0.1) is 0 Å². The third-order valence-corrected chi connectivity index (χ3v) is 7.52. The maximum atomic E-state index is 13.3. The number of nitrogens with one attached hydrogen (secondary N) is 1. The zero-order chi connectivity index (χ0) is 26.9. The maximum absolute atomic E-state index is 13.3. The van der Waals surface area contributed by atoms with Gasteiger partial charge in [-0.25, -0.2) is 8.42 Å². The van der Waals surface area contributed by atoms with Crippen LogP contribution < -0.4 is 14.4 Å². The van der Waals surface area contributed by atoms with Gasteiger partial charge in [-0.3, -0.25) is 13.9 Å². The molecule has 1 N–H and O–H groups in total. The molecular formula is C25H33Cl2N3O5S. The Kier molecular flexibility index (Phi) is 11.3. The average molecular weight is 559 g/mol. The lowest BCUT2D eigenvalue weighted by Gasteiger charge is -2.30. The van der Waals surface area contributed by atoms with Crippen LogP contribution in [0.1, 0.15) is 38.7 Å². The number of hydrogen-bond donors (Lipinski definition) is 1. The van der Waals surface area contributed by atoms with Crippen LogP contribution in [0.4, 0.5) is 5.69 Å². The van der Waals surface area contributed by atoms with Crippen molar-refractivity contribution in [2.24, 2.45) is 0 Å². The maximum Gasteiger partial charge on any atom is 0.242 e. The normalized spacial score (nSPS) is 12.1. The molecule has 36 heavy (non-hydrogen) atoms. The highest BCUT2D eigenvalue weighted by molar-refractivity contribution is 7.92. The zero-order valence-electron chi connectivity index (χ0n) is 21.0. The summed E-state index contributed by atoms with van der Waals surface area (Å²) < 4.78 is 31.2. The Bertz CT molecular complexity index is 1120. The molecule has 0 fully saturated rings. The van der Waals surface area contributed by atoms with Crippen LogP contribution in [0, 0.1) is 0 Å². The summed E-state index contributed by atoms with van der Waals surface area (Å²) >= 11 is 12.7. The van der Waals surface area contributed by atoms with Gasteiger partial charge in [-0.2, -0.15) is 0 Å². The first-order valence-corrected chi connectivity index (χ1v) is 14.2. The molecule has 1 atom stereocenters. The van der Waals surface area contributed by atoms with Gasteiger partial charge in [-0.05, 0) is 56.2 Å². The minimum absolute atomic E-state index is 0.0235. The number of halogens is 2. The van der Waals surface area contributed by atoms with Crippen LogP contribution >= 0.6 is 23.2 Å². The van der Waals surface area contributed by atoms with Gasteiger partial charge in [0.25, 0.3) is 0 Å². The van der Waals surface area contributed by atoms with Crippen LogP contribution in [-0.2, 0) is 26.2 Å². The standard InChI is InChI=1S/C25H33Cl2N3O5S/c1-5-15-28-25(32)18(2)29(17-21-22(26)8-6-9-23(21)27)24(31)10-7-16-30(36(4,33)34)19-11-13-20(35-3)14-12-19/h6,8-9,11-14,18H,5,7,10,15-17H2,1-4H3,(H,28,32). The van der Waals surface area contributed by atoms with E-state index < -0.39 is 16.1 Å². The van der Waals surface area contributed by atoms with Crippen LogP contribution in [0.25, 0.3) is 0 Å². The van der Waals surface area contributed by atoms with Crippen molar-refractivity contribution in [2.75, 3.05) is 30.8 Å². The van der Waals surface area contributed by atoms with Crippen molar-refractivity contribution in [1.29, 1.82) is 0 Å². The van der Waals surface area contributed by atoms with E-state index in [9.17, 15) is 18.0 Å². The highest BCUT2D eigenvalue weighted by Gasteiger charge is 2.27. The summed E-state index contributed by atoms with van der Waals surface area (Å²) in [6, 6.07) is 10.9. The molecule has 0 aliphatic rings. The van der Waals surface area contributed by atoms with Crippen LogP contribution in [0.2, 0.25) is 10.0 Å². The van der Waals surface area contributed by atoms with Gasteiger partial charge in [0, 0.05) is 41.7 Å². The summed E-state index contributed by atoms with van der Waals surface area (Å²) in [5.41, 5.74) is 1.01. The highest BCUT2D eigenvalue weighted by atomic mass is 35.5.